The normalized spacial score (nSPS) is 11.9. The zero-order valence-electron chi connectivity index (χ0n) is 16.2. The average molecular weight is 364 g/mol. The van der Waals surface area contributed by atoms with Gasteiger partial charge in [-0.2, -0.15) is 5.26 Å². The molecule has 0 unspecified atom stereocenters. The summed E-state index contributed by atoms with van der Waals surface area (Å²) in [6, 6.07) is 21.1. The number of ether oxygens (including phenoxy) is 1. The molecule has 0 amide bonds. The Morgan fingerprint density at radius 1 is 1.04 bits per heavy atom. The molecule has 0 aliphatic heterocycles. The Hall–Kier alpha value is -2.93. The summed E-state index contributed by atoms with van der Waals surface area (Å²) in [4.78, 5) is 17.5. The number of aliphatic imine (C=N–C) groups is 1. The molecular weight excluding hydrogens is 338 g/mol. The summed E-state index contributed by atoms with van der Waals surface area (Å²) in [6.07, 6.45) is 1.47. The van der Waals surface area contributed by atoms with Crippen LogP contribution in [0.4, 0.5) is 0 Å². The summed E-state index contributed by atoms with van der Waals surface area (Å²) in [5.41, 5.74) is 2.05. The number of rotatable bonds is 7. The maximum atomic E-state index is 12.7. The molecule has 0 radical (unpaired) electrons. The Morgan fingerprint density at radius 3 is 2.00 bits per heavy atom. The van der Waals surface area contributed by atoms with Crippen molar-refractivity contribution >= 4 is 11.7 Å². The topological polar surface area (TPSA) is 62.5 Å². The van der Waals surface area contributed by atoms with Crippen molar-refractivity contribution in [2.45, 2.75) is 51.7 Å². The van der Waals surface area contributed by atoms with Crippen molar-refractivity contribution in [3.8, 4) is 6.07 Å². The van der Waals surface area contributed by atoms with Gasteiger partial charge in [-0.1, -0.05) is 60.7 Å². The molecule has 4 nitrogen and oxygen atoms in total. The number of hydrogen-bond acceptors (Lipinski definition) is 4. The van der Waals surface area contributed by atoms with E-state index in [2.05, 4.69) is 6.07 Å². The zero-order valence-corrected chi connectivity index (χ0v) is 16.2. The third-order valence-corrected chi connectivity index (χ3v) is 3.82. The third-order valence-electron chi connectivity index (χ3n) is 3.82. The van der Waals surface area contributed by atoms with Gasteiger partial charge in [0.1, 0.15) is 11.6 Å². The van der Waals surface area contributed by atoms with Crippen LogP contribution in [0.5, 0.6) is 0 Å². The fraction of sp³-hybridized carbons (Fsp3) is 0.348. The number of esters is 1. The van der Waals surface area contributed by atoms with Crippen LogP contribution in [0.2, 0.25) is 0 Å². The highest BCUT2D eigenvalue weighted by Crippen LogP contribution is 2.18. The lowest BCUT2D eigenvalue weighted by Crippen LogP contribution is -2.31. The lowest BCUT2D eigenvalue weighted by molar-refractivity contribution is -0.156. The molecular formula is C23H26N2O2. The molecule has 27 heavy (non-hydrogen) atoms. The molecule has 0 aromatic heterocycles. The molecule has 4 heteroatoms. The van der Waals surface area contributed by atoms with Crippen LogP contribution >= 0.6 is 0 Å². The van der Waals surface area contributed by atoms with E-state index in [9.17, 15) is 4.79 Å². The van der Waals surface area contributed by atoms with Gasteiger partial charge in [0.05, 0.1) is 11.8 Å². The Balaban J connectivity index is 2.43. The van der Waals surface area contributed by atoms with E-state index in [1.807, 2.05) is 81.4 Å². The number of nitrogens with zero attached hydrogens (tertiary/aromatic N) is 2. The highest BCUT2D eigenvalue weighted by molar-refractivity contribution is 6.13. The first-order valence-corrected chi connectivity index (χ1v) is 9.19. The molecule has 2 aromatic carbocycles. The van der Waals surface area contributed by atoms with Crippen LogP contribution in [0.1, 0.15) is 51.2 Å². The molecule has 1 atom stereocenters. The van der Waals surface area contributed by atoms with Gasteiger partial charge in [-0.3, -0.25) is 4.99 Å². The first-order chi connectivity index (χ1) is 12.9. The smallest absolute Gasteiger partial charge is 0.331 e. The van der Waals surface area contributed by atoms with Crippen LogP contribution in [0.15, 0.2) is 65.7 Å². The first-order valence-electron chi connectivity index (χ1n) is 9.19. The van der Waals surface area contributed by atoms with Gasteiger partial charge >= 0.3 is 5.97 Å². The second-order valence-corrected chi connectivity index (χ2v) is 7.31. The monoisotopic (exact) mass is 364 g/mol. The van der Waals surface area contributed by atoms with Gasteiger partial charge in [-0.15, -0.1) is 0 Å². The van der Waals surface area contributed by atoms with Crippen LogP contribution in [-0.2, 0) is 9.53 Å². The Bertz CT molecular complexity index is 758. The highest BCUT2D eigenvalue weighted by Gasteiger charge is 2.25. The lowest BCUT2D eigenvalue weighted by Gasteiger charge is -2.23. The second-order valence-electron chi connectivity index (χ2n) is 7.31. The minimum Gasteiger partial charge on any atom is -0.458 e. The minimum absolute atomic E-state index is 0.357. The highest BCUT2D eigenvalue weighted by atomic mass is 16.6. The molecule has 0 aliphatic rings. The van der Waals surface area contributed by atoms with Gasteiger partial charge in [0.2, 0.25) is 0 Å². The van der Waals surface area contributed by atoms with E-state index in [1.54, 1.807) is 0 Å². The van der Waals surface area contributed by atoms with Crippen molar-refractivity contribution < 1.29 is 9.53 Å². The van der Waals surface area contributed by atoms with Gasteiger partial charge < -0.3 is 4.74 Å². The Labute approximate surface area is 161 Å². The predicted molar refractivity (Wildman–Crippen MR) is 108 cm³/mol. The molecule has 0 spiro atoms. The summed E-state index contributed by atoms with van der Waals surface area (Å²) in [5.74, 6) is -0.357. The van der Waals surface area contributed by atoms with E-state index in [4.69, 9.17) is 15.0 Å². The number of carbonyl (C=O) groups is 1. The van der Waals surface area contributed by atoms with Crippen LogP contribution < -0.4 is 0 Å². The quantitative estimate of drug-likeness (QED) is 0.230. The fourth-order valence-corrected chi connectivity index (χ4v) is 2.64. The van der Waals surface area contributed by atoms with Gasteiger partial charge in [0.15, 0.2) is 0 Å². The lowest BCUT2D eigenvalue weighted by atomic mass is 10.0. The molecule has 0 saturated heterocycles. The van der Waals surface area contributed by atoms with Gasteiger partial charge in [0, 0.05) is 17.5 Å². The van der Waals surface area contributed by atoms with E-state index >= 15 is 0 Å². The van der Waals surface area contributed by atoms with Crippen molar-refractivity contribution in [2.24, 2.45) is 4.99 Å². The molecule has 0 saturated carbocycles. The van der Waals surface area contributed by atoms with Gasteiger partial charge in [-0.05, 0) is 33.6 Å². The third kappa shape index (κ3) is 6.71. The van der Waals surface area contributed by atoms with Crippen LogP contribution in [0, 0.1) is 11.3 Å². The van der Waals surface area contributed by atoms with Crippen molar-refractivity contribution in [2.75, 3.05) is 0 Å². The van der Waals surface area contributed by atoms with Crippen molar-refractivity contribution in [1.29, 1.82) is 5.26 Å². The Kier molecular flexibility index (Phi) is 7.31. The molecule has 140 valence electrons. The summed E-state index contributed by atoms with van der Waals surface area (Å²) in [6.45, 7) is 5.53. The van der Waals surface area contributed by atoms with Gasteiger partial charge in [-0.25, -0.2) is 4.79 Å². The molecule has 0 bridgehead atoms. The summed E-state index contributed by atoms with van der Waals surface area (Å²) in [7, 11) is 0. The second kappa shape index (κ2) is 9.68. The standard InChI is InChI=1S/C23H26N2O2/c1-23(2,3)27-22(26)20(16-10-11-17-24)25-21(18-12-6-4-7-13-18)19-14-8-5-9-15-19/h4-9,12-15,20H,10-11,16H2,1-3H3/t20-/m0/s1/i17+1,24+1. The summed E-state index contributed by atoms with van der Waals surface area (Å²) < 4.78 is 5.57. The average Bonchev–Trinajstić information content (AvgIpc) is 2.64. The summed E-state index contributed by atoms with van der Waals surface area (Å²) >= 11 is 0. The first kappa shape index (κ1) is 20.4. The van der Waals surface area contributed by atoms with Crippen molar-refractivity contribution in [1.82, 2.24) is 0 Å². The van der Waals surface area contributed by atoms with E-state index in [0.29, 0.717) is 19.3 Å². The summed E-state index contributed by atoms with van der Waals surface area (Å²) in [5, 5.41) is 8.84. The van der Waals surface area contributed by atoms with Crippen molar-refractivity contribution in [3.63, 3.8) is 0 Å². The number of nitriles is 1. The van der Waals surface area contributed by atoms with Crippen LogP contribution in [0.3, 0.4) is 0 Å². The number of benzene rings is 2. The fourth-order valence-electron chi connectivity index (χ4n) is 2.64. The molecule has 0 aliphatic carbocycles. The number of carbonyl (C=O) groups excluding carboxylic acids is 1. The number of hydrogen-bond donors (Lipinski definition) is 0. The van der Waals surface area contributed by atoms with E-state index in [1.165, 1.54) is 0 Å². The van der Waals surface area contributed by atoms with E-state index in [0.717, 1.165) is 16.8 Å². The van der Waals surface area contributed by atoms with Gasteiger partial charge in [0.25, 0.3) is 0 Å². The molecule has 0 heterocycles. The van der Waals surface area contributed by atoms with Crippen LogP contribution in [0.25, 0.3) is 0 Å². The maximum Gasteiger partial charge on any atom is 0.331 e. The molecule has 2 rings (SSSR count). The molecule has 2 aromatic rings. The zero-order chi connectivity index (χ0) is 19.7. The van der Waals surface area contributed by atoms with Crippen molar-refractivity contribution in [3.05, 3.63) is 71.8 Å². The van der Waals surface area contributed by atoms with E-state index in [-0.39, 0.29) is 5.97 Å². The largest absolute Gasteiger partial charge is 0.458 e. The molecule has 0 fully saturated rings. The Morgan fingerprint density at radius 2 is 1.56 bits per heavy atom. The maximum absolute atomic E-state index is 12.7. The number of unbranched alkanes of at least 4 members (excludes halogenated alkanes) is 1. The van der Waals surface area contributed by atoms with Crippen LogP contribution in [-0.4, -0.2) is 23.3 Å². The molecule has 0 N–H and O–H groups in total. The van der Waals surface area contributed by atoms with E-state index < -0.39 is 11.6 Å². The minimum atomic E-state index is -0.645. The predicted octanol–water partition coefficient (Wildman–Crippen LogP) is 4.93. The SMILES string of the molecule is CC(C)(C)OC(=O)[C@H](CCC[13C]#[15N])N=C(c1ccccc1)c1ccccc1.